The Labute approximate surface area is 163 Å². The van der Waals surface area contributed by atoms with Crippen LogP contribution in [0.25, 0.3) is 0 Å². The minimum Gasteiger partial charge on any atom is -0.480 e. The fraction of sp³-hybridized carbons (Fsp3) is 0.400. The van der Waals surface area contributed by atoms with Gasteiger partial charge in [0, 0.05) is 11.3 Å². The number of nitrogens with zero attached hydrogens (tertiary/aromatic N) is 2. The Kier molecular flexibility index (Phi) is 6.23. The summed E-state index contributed by atoms with van der Waals surface area (Å²) >= 11 is 0. The highest BCUT2D eigenvalue weighted by Gasteiger charge is 2.23. The number of amides is 2. The lowest BCUT2D eigenvalue weighted by atomic mass is 10.1. The molecule has 0 spiro atoms. The van der Waals surface area contributed by atoms with Crippen LogP contribution in [0.3, 0.4) is 0 Å². The predicted octanol–water partition coefficient (Wildman–Crippen LogP) is 2.66. The van der Waals surface area contributed by atoms with E-state index in [0.29, 0.717) is 23.2 Å². The topological polar surface area (TPSA) is 113 Å². The molecule has 0 bridgehead atoms. The SMILES string of the molecule is CCc1c(C(=O)Nc2ccc(C(=O)NC(C)C(=O)O)cc2)cnn1C(C)(C)C. The lowest BCUT2D eigenvalue weighted by Gasteiger charge is -2.22. The number of benzene rings is 1. The maximum atomic E-state index is 12.7. The summed E-state index contributed by atoms with van der Waals surface area (Å²) in [4.78, 5) is 35.5. The summed E-state index contributed by atoms with van der Waals surface area (Å²) in [5, 5.41) is 18.4. The van der Waals surface area contributed by atoms with Crippen molar-refractivity contribution < 1.29 is 19.5 Å². The average Bonchev–Trinajstić information content (AvgIpc) is 3.06. The van der Waals surface area contributed by atoms with E-state index >= 15 is 0 Å². The fourth-order valence-electron chi connectivity index (χ4n) is 2.73. The number of carboxylic acid groups (broad SMARTS) is 1. The van der Waals surface area contributed by atoms with Gasteiger partial charge in [0.25, 0.3) is 11.8 Å². The minimum absolute atomic E-state index is 0.230. The van der Waals surface area contributed by atoms with Crippen molar-refractivity contribution in [3.05, 3.63) is 47.3 Å². The van der Waals surface area contributed by atoms with E-state index in [9.17, 15) is 14.4 Å². The van der Waals surface area contributed by atoms with Crippen molar-refractivity contribution in [2.75, 3.05) is 5.32 Å². The summed E-state index contributed by atoms with van der Waals surface area (Å²) in [7, 11) is 0. The number of aromatic nitrogens is 2. The lowest BCUT2D eigenvalue weighted by Crippen LogP contribution is -2.38. The number of rotatable bonds is 6. The van der Waals surface area contributed by atoms with Gasteiger partial charge >= 0.3 is 5.97 Å². The van der Waals surface area contributed by atoms with Crippen molar-refractivity contribution in [3.63, 3.8) is 0 Å². The fourth-order valence-corrected chi connectivity index (χ4v) is 2.73. The van der Waals surface area contributed by atoms with Crippen LogP contribution in [0, 0.1) is 0 Å². The molecule has 1 aromatic carbocycles. The van der Waals surface area contributed by atoms with Crippen LogP contribution >= 0.6 is 0 Å². The summed E-state index contributed by atoms with van der Waals surface area (Å²) in [5.41, 5.74) is 1.96. The number of nitrogens with one attached hydrogen (secondary N) is 2. The van der Waals surface area contributed by atoms with Crippen molar-refractivity contribution >= 4 is 23.5 Å². The molecule has 0 aliphatic rings. The van der Waals surface area contributed by atoms with Gasteiger partial charge in [-0.2, -0.15) is 5.10 Å². The van der Waals surface area contributed by atoms with Crippen molar-refractivity contribution in [1.29, 1.82) is 0 Å². The van der Waals surface area contributed by atoms with Crippen LogP contribution in [0.4, 0.5) is 5.69 Å². The van der Waals surface area contributed by atoms with Crippen molar-refractivity contribution in [1.82, 2.24) is 15.1 Å². The van der Waals surface area contributed by atoms with E-state index in [1.165, 1.54) is 19.1 Å². The summed E-state index contributed by atoms with van der Waals surface area (Å²) in [6.45, 7) is 9.43. The highest BCUT2D eigenvalue weighted by atomic mass is 16.4. The number of carbonyl (C=O) groups is 3. The largest absolute Gasteiger partial charge is 0.480 e. The molecule has 0 saturated carbocycles. The predicted molar refractivity (Wildman–Crippen MR) is 106 cm³/mol. The first-order valence-electron chi connectivity index (χ1n) is 9.07. The monoisotopic (exact) mass is 386 g/mol. The Hall–Kier alpha value is -3.16. The zero-order valence-corrected chi connectivity index (χ0v) is 16.7. The maximum absolute atomic E-state index is 12.7. The van der Waals surface area contributed by atoms with Crippen LogP contribution in [-0.4, -0.2) is 38.7 Å². The third-order valence-corrected chi connectivity index (χ3v) is 4.21. The molecule has 2 rings (SSSR count). The van der Waals surface area contributed by atoms with Gasteiger partial charge in [0.2, 0.25) is 0 Å². The van der Waals surface area contributed by atoms with E-state index in [4.69, 9.17) is 5.11 Å². The van der Waals surface area contributed by atoms with Gasteiger partial charge in [-0.1, -0.05) is 6.92 Å². The standard InChI is InChI=1S/C20H26N4O4/c1-6-16-15(11-21-24(16)20(3,4)5)18(26)23-14-9-7-13(8-10-14)17(25)22-12(2)19(27)28/h7-12H,6H2,1-5H3,(H,22,25)(H,23,26)(H,27,28). The van der Waals surface area contributed by atoms with Crippen molar-refractivity contribution in [2.24, 2.45) is 0 Å². The second kappa shape index (κ2) is 8.24. The number of hydrogen-bond acceptors (Lipinski definition) is 4. The van der Waals surface area contributed by atoms with Gasteiger partial charge in [0.15, 0.2) is 0 Å². The molecule has 0 aliphatic carbocycles. The maximum Gasteiger partial charge on any atom is 0.325 e. The number of carboxylic acids is 1. The second-order valence-electron chi connectivity index (χ2n) is 7.51. The van der Waals surface area contributed by atoms with Gasteiger partial charge in [-0.15, -0.1) is 0 Å². The Bertz CT molecular complexity index is 879. The van der Waals surface area contributed by atoms with Crippen LogP contribution in [-0.2, 0) is 16.8 Å². The Morgan fingerprint density at radius 1 is 1.14 bits per heavy atom. The van der Waals surface area contributed by atoms with Crippen LogP contribution in [0.5, 0.6) is 0 Å². The Morgan fingerprint density at radius 3 is 2.25 bits per heavy atom. The molecule has 0 fully saturated rings. The zero-order chi connectivity index (χ0) is 21.1. The molecule has 8 heteroatoms. The highest BCUT2D eigenvalue weighted by Crippen LogP contribution is 2.21. The molecule has 0 radical (unpaired) electrons. The molecule has 0 saturated heterocycles. The summed E-state index contributed by atoms with van der Waals surface area (Å²) < 4.78 is 1.85. The van der Waals surface area contributed by atoms with E-state index in [-0.39, 0.29) is 11.4 Å². The molecule has 28 heavy (non-hydrogen) atoms. The van der Waals surface area contributed by atoms with Crippen LogP contribution in [0.2, 0.25) is 0 Å². The number of aliphatic carboxylic acids is 1. The molecular weight excluding hydrogens is 360 g/mol. The molecule has 1 unspecified atom stereocenters. The van der Waals surface area contributed by atoms with Gasteiger partial charge in [-0.05, 0) is 58.4 Å². The quantitative estimate of drug-likeness (QED) is 0.706. The van der Waals surface area contributed by atoms with Gasteiger partial charge < -0.3 is 15.7 Å². The summed E-state index contributed by atoms with van der Waals surface area (Å²) in [6, 6.07) is 5.26. The first-order chi connectivity index (χ1) is 13.0. The Morgan fingerprint density at radius 2 is 1.75 bits per heavy atom. The van der Waals surface area contributed by atoms with Gasteiger partial charge in [-0.25, -0.2) is 0 Å². The number of carbonyl (C=O) groups excluding carboxylic acids is 2. The zero-order valence-electron chi connectivity index (χ0n) is 16.7. The van der Waals surface area contributed by atoms with Crippen LogP contribution in [0.1, 0.15) is 61.0 Å². The lowest BCUT2D eigenvalue weighted by molar-refractivity contribution is -0.138. The Balaban J connectivity index is 2.12. The summed E-state index contributed by atoms with van der Waals surface area (Å²) in [5.74, 6) is -1.88. The minimum atomic E-state index is -1.11. The van der Waals surface area contributed by atoms with E-state index < -0.39 is 17.9 Å². The van der Waals surface area contributed by atoms with E-state index in [0.717, 1.165) is 5.69 Å². The average molecular weight is 386 g/mol. The molecule has 150 valence electrons. The molecule has 2 aromatic rings. The third kappa shape index (κ3) is 4.76. The molecule has 3 N–H and O–H groups in total. The van der Waals surface area contributed by atoms with Crippen LogP contribution < -0.4 is 10.6 Å². The first-order valence-corrected chi connectivity index (χ1v) is 9.07. The smallest absolute Gasteiger partial charge is 0.325 e. The first kappa shape index (κ1) is 21.1. The molecule has 1 heterocycles. The molecule has 2 amide bonds. The normalized spacial score (nSPS) is 12.3. The van der Waals surface area contributed by atoms with E-state index in [2.05, 4.69) is 15.7 Å². The van der Waals surface area contributed by atoms with Crippen molar-refractivity contribution in [2.45, 2.75) is 52.6 Å². The number of anilines is 1. The van der Waals surface area contributed by atoms with E-state index in [1.807, 2.05) is 32.4 Å². The second-order valence-corrected chi connectivity index (χ2v) is 7.51. The summed E-state index contributed by atoms with van der Waals surface area (Å²) in [6.07, 6.45) is 2.23. The molecule has 0 aliphatic heterocycles. The van der Waals surface area contributed by atoms with E-state index in [1.54, 1.807) is 18.3 Å². The molecule has 1 aromatic heterocycles. The van der Waals surface area contributed by atoms with Crippen LogP contribution in [0.15, 0.2) is 30.5 Å². The molecule has 8 nitrogen and oxygen atoms in total. The third-order valence-electron chi connectivity index (χ3n) is 4.21. The van der Waals surface area contributed by atoms with Gasteiger partial charge in [-0.3, -0.25) is 19.1 Å². The highest BCUT2D eigenvalue weighted by molar-refractivity contribution is 6.05. The number of hydrogen-bond donors (Lipinski definition) is 3. The van der Waals surface area contributed by atoms with Gasteiger partial charge in [0.05, 0.1) is 23.0 Å². The molecular formula is C20H26N4O4. The van der Waals surface area contributed by atoms with Crippen molar-refractivity contribution in [3.8, 4) is 0 Å². The molecule has 1 atom stereocenters. The van der Waals surface area contributed by atoms with Gasteiger partial charge in [0.1, 0.15) is 6.04 Å².